The van der Waals surface area contributed by atoms with E-state index in [0.29, 0.717) is 22.7 Å². The van der Waals surface area contributed by atoms with Gasteiger partial charge >= 0.3 is 5.63 Å². The van der Waals surface area contributed by atoms with Crippen LogP contribution in [0.1, 0.15) is 45.4 Å². The molecule has 1 aromatic carbocycles. The van der Waals surface area contributed by atoms with Crippen LogP contribution < -0.4 is 10.9 Å². The molecule has 1 N–H and O–H groups in total. The topological polar surface area (TPSA) is 55.1 Å². The van der Waals surface area contributed by atoms with Crippen molar-refractivity contribution < 1.29 is 4.42 Å². The Morgan fingerprint density at radius 2 is 2.14 bits per heavy atom. The Morgan fingerprint density at radius 1 is 1.33 bits per heavy atom. The molecular weight excluding hydrogens is 264 g/mol. The van der Waals surface area contributed by atoms with Crippen molar-refractivity contribution in [2.24, 2.45) is 5.92 Å². The molecule has 1 heterocycles. The molecule has 2 rings (SSSR count). The number of nitrogens with one attached hydrogen (secondary N) is 1. The molecule has 4 nitrogen and oxygen atoms in total. The van der Waals surface area contributed by atoms with Crippen molar-refractivity contribution in [2.75, 3.05) is 11.9 Å². The van der Waals surface area contributed by atoms with Crippen LogP contribution in [0.5, 0.6) is 0 Å². The summed E-state index contributed by atoms with van der Waals surface area (Å²) in [4.78, 5) is 16.1. The van der Waals surface area contributed by atoms with Gasteiger partial charge in [-0.2, -0.15) is 0 Å². The molecule has 114 valence electrons. The fraction of sp³-hybridized carbons (Fsp3) is 0.529. The summed E-state index contributed by atoms with van der Waals surface area (Å²) in [7, 11) is 0. The van der Waals surface area contributed by atoms with Crippen LogP contribution in [-0.2, 0) is 0 Å². The maximum atomic E-state index is 11.9. The smallest absolute Gasteiger partial charge is 0.346 e. The molecule has 0 amide bonds. The van der Waals surface area contributed by atoms with Gasteiger partial charge in [-0.1, -0.05) is 33.1 Å². The minimum atomic E-state index is -0.320. The van der Waals surface area contributed by atoms with Crippen LogP contribution in [-0.4, -0.2) is 11.5 Å². The minimum Gasteiger partial charge on any atom is -0.408 e. The van der Waals surface area contributed by atoms with Gasteiger partial charge in [0.25, 0.3) is 0 Å². The lowest BCUT2D eigenvalue weighted by Crippen LogP contribution is -2.14. The van der Waals surface area contributed by atoms with E-state index < -0.39 is 0 Å². The molecule has 0 radical (unpaired) electrons. The largest absolute Gasteiger partial charge is 0.408 e. The molecule has 4 heteroatoms. The fourth-order valence-corrected chi connectivity index (χ4v) is 2.49. The van der Waals surface area contributed by atoms with Crippen LogP contribution in [0.4, 0.5) is 5.69 Å². The van der Waals surface area contributed by atoms with E-state index in [1.165, 1.54) is 25.7 Å². The number of hydrogen-bond acceptors (Lipinski definition) is 4. The van der Waals surface area contributed by atoms with Gasteiger partial charge in [0.15, 0.2) is 5.89 Å². The van der Waals surface area contributed by atoms with Gasteiger partial charge in [0, 0.05) is 19.2 Å². The Morgan fingerprint density at radius 3 is 2.86 bits per heavy atom. The van der Waals surface area contributed by atoms with Crippen LogP contribution in [0.3, 0.4) is 0 Å². The molecule has 0 bridgehead atoms. The lowest BCUT2D eigenvalue weighted by Gasteiger charge is -2.16. The van der Waals surface area contributed by atoms with Crippen LogP contribution in [0.2, 0.25) is 0 Å². The van der Waals surface area contributed by atoms with Gasteiger partial charge in [0.2, 0.25) is 0 Å². The fourth-order valence-electron chi connectivity index (χ4n) is 2.49. The Hall–Kier alpha value is -1.84. The monoisotopic (exact) mass is 288 g/mol. The summed E-state index contributed by atoms with van der Waals surface area (Å²) in [6.45, 7) is 7.07. The molecule has 0 saturated carbocycles. The van der Waals surface area contributed by atoms with Crippen molar-refractivity contribution in [3.8, 4) is 0 Å². The average Bonchev–Trinajstić information content (AvgIpc) is 2.47. The van der Waals surface area contributed by atoms with Crippen LogP contribution in [0, 0.1) is 12.8 Å². The lowest BCUT2D eigenvalue weighted by atomic mass is 9.99. The molecule has 1 atom stereocenters. The third kappa shape index (κ3) is 4.06. The number of anilines is 1. The lowest BCUT2D eigenvalue weighted by molar-refractivity contribution is 0.467. The summed E-state index contributed by atoms with van der Waals surface area (Å²) in [6, 6.07) is 5.68. The zero-order valence-corrected chi connectivity index (χ0v) is 13.1. The highest BCUT2D eigenvalue weighted by Crippen LogP contribution is 2.18. The van der Waals surface area contributed by atoms with Gasteiger partial charge in [-0.05, 0) is 30.5 Å². The van der Waals surface area contributed by atoms with Crippen molar-refractivity contribution in [3.63, 3.8) is 0 Å². The molecule has 1 aromatic heterocycles. The molecule has 0 saturated heterocycles. The van der Waals surface area contributed by atoms with E-state index in [9.17, 15) is 4.79 Å². The molecule has 0 spiro atoms. The first-order valence-electron chi connectivity index (χ1n) is 7.79. The first-order valence-corrected chi connectivity index (χ1v) is 7.79. The highest BCUT2D eigenvalue weighted by atomic mass is 16.4. The van der Waals surface area contributed by atoms with Crippen molar-refractivity contribution in [2.45, 2.75) is 46.5 Å². The van der Waals surface area contributed by atoms with E-state index >= 15 is 0 Å². The first kappa shape index (κ1) is 15.5. The maximum absolute atomic E-state index is 11.9. The second kappa shape index (κ2) is 7.25. The normalized spacial score (nSPS) is 12.5. The van der Waals surface area contributed by atoms with E-state index in [1.54, 1.807) is 6.92 Å². The van der Waals surface area contributed by atoms with Crippen LogP contribution in [0.15, 0.2) is 27.4 Å². The quantitative estimate of drug-likeness (QED) is 0.832. The van der Waals surface area contributed by atoms with Crippen molar-refractivity contribution >= 4 is 16.6 Å². The van der Waals surface area contributed by atoms with E-state index in [-0.39, 0.29) is 5.63 Å². The van der Waals surface area contributed by atoms with Crippen LogP contribution in [0.25, 0.3) is 10.9 Å². The van der Waals surface area contributed by atoms with E-state index in [2.05, 4.69) is 24.1 Å². The maximum Gasteiger partial charge on any atom is 0.346 e. The van der Waals surface area contributed by atoms with Crippen molar-refractivity contribution in [3.05, 3.63) is 34.5 Å². The number of benzene rings is 1. The Balaban J connectivity index is 2.10. The van der Waals surface area contributed by atoms with Gasteiger partial charge in [-0.15, -0.1) is 0 Å². The highest BCUT2D eigenvalue weighted by molar-refractivity contribution is 5.81. The van der Waals surface area contributed by atoms with Crippen molar-refractivity contribution in [1.82, 2.24) is 4.98 Å². The van der Waals surface area contributed by atoms with E-state index in [4.69, 9.17) is 4.42 Å². The number of fused-ring (bicyclic) bond motifs is 1. The minimum absolute atomic E-state index is 0.320. The summed E-state index contributed by atoms with van der Waals surface area (Å²) < 4.78 is 5.05. The summed E-state index contributed by atoms with van der Waals surface area (Å²) >= 11 is 0. The van der Waals surface area contributed by atoms with E-state index in [1.807, 2.05) is 18.2 Å². The number of rotatable bonds is 7. The molecule has 1 unspecified atom stereocenters. The third-order valence-electron chi connectivity index (χ3n) is 3.87. The second-order valence-electron chi connectivity index (χ2n) is 5.55. The van der Waals surface area contributed by atoms with Gasteiger partial charge in [-0.3, -0.25) is 0 Å². The number of unbranched alkanes of at least 4 members (excludes halogenated alkanes) is 1. The van der Waals surface area contributed by atoms with Crippen LogP contribution >= 0.6 is 0 Å². The Bertz CT molecular complexity index is 649. The van der Waals surface area contributed by atoms with Gasteiger partial charge in [0.05, 0.1) is 10.9 Å². The summed E-state index contributed by atoms with van der Waals surface area (Å²) in [5, 5.41) is 3.96. The summed E-state index contributed by atoms with van der Waals surface area (Å²) in [5.74, 6) is 1.08. The van der Waals surface area contributed by atoms with Gasteiger partial charge < -0.3 is 9.73 Å². The summed E-state index contributed by atoms with van der Waals surface area (Å²) in [5.41, 5.74) is 1.32. The van der Waals surface area contributed by atoms with Gasteiger partial charge in [0.1, 0.15) is 0 Å². The number of aromatic nitrogens is 1. The molecule has 2 aromatic rings. The molecule has 0 aliphatic heterocycles. The summed E-state index contributed by atoms with van der Waals surface area (Å²) in [6.07, 6.45) is 4.92. The number of nitrogens with zero attached hydrogens (tertiary/aromatic N) is 1. The first-order chi connectivity index (χ1) is 10.1. The zero-order valence-electron chi connectivity index (χ0n) is 13.1. The molecule has 0 fully saturated rings. The number of hydrogen-bond donors (Lipinski definition) is 1. The van der Waals surface area contributed by atoms with E-state index in [0.717, 1.165) is 12.2 Å². The molecule has 0 aliphatic rings. The molecule has 21 heavy (non-hydrogen) atoms. The number of aryl methyl sites for hydroxylation is 1. The van der Waals surface area contributed by atoms with Gasteiger partial charge in [-0.25, -0.2) is 9.78 Å². The Kier molecular flexibility index (Phi) is 5.37. The predicted molar refractivity (Wildman–Crippen MR) is 86.8 cm³/mol. The third-order valence-corrected chi connectivity index (χ3v) is 3.87. The highest BCUT2D eigenvalue weighted by Gasteiger charge is 2.08. The average molecular weight is 288 g/mol. The standard InChI is InChI=1S/C17H24N2O2/c1-4-6-7-13(5-2)11-18-14-8-9-16-15(10-14)17(20)21-12(3)19-16/h8-10,13,18H,4-7,11H2,1-3H3. The molecule has 0 aliphatic carbocycles. The molecular formula is C17H24N2O2. The van der Waals surface area contributed by atoms with Crippen molar-refractivity contribution in [1.29, 1.82) is 0 Å². The SMILES string of the molecule is CCCCC(CC)CNc1ccc2nc(C)oc(=O)c2c1. The predicted octanol–water partition coefficient (Wildman–Crippen LogP) is 4.12. The Labute approximate surface area is 125 Å². The zero-order chi connectivity index (χ0) is 15.2. The second-order valence-corrected chi connectivity index (χ2v) is 5.55.